The first-order valence-corrected chi connectivity index (χ1v) is 7.91. The molecule has 1 aromatic carbocycles. The van der Waals surface area contributed by atoms with Gasteiger partial charge in [0.15, 0.2) is 20.5 Å². The van der Waals surface area contributed by atoms with Gasteiger partial charge in [0.2, 0.25) is 0 Å². The van der Waals surface area contributed by atoms with Gasteiger partial charge in [-0.3, -0.25) is 0 Å². The van der Waals surface area contributed by atoms with E-state index in [-0.39, 0.29) is 22.9 Å². The fraction of sp³-hybridized carbons (Fsp3) is 0.417. The summed E-state index contributed by atoms with van der Waals surface area (Å²) in [7, 11) is -3.79. The van der Waals surface area contributed by atoms with Gasteiger partial charge in [0.25, 0.3) is 0 Å². The van der Waals surface area contributed by atoms with Crippen molar-refractivity contribution in [1.29, 1.82) is 0 Å². The Kier molecular flexibility index (Phi) is 4.02. The van der Waals surface area contributed by atoms with Gasteiger partial charge in [-0.05, 0) is 24.6 Å². The van der Waals surface area contributed by atoms with Crippen LogP contribution in [0.25, 0.3) is 0 Å². The number of hydrogen-bond donors (Lipinski definition) is 0. The summed E-state index contributed by atoms with van der Waals surface area (Å²) >= 11 is 5.67. The van der Waals surface area contributed by atoms with E-state index in [4.69, 9.17) is 16.4 Å². The van der Waals surface area contributed by atoms with Crippen LogP contribution in [0.15, 0.2) is 23.4 Å². The molecule has 1 aliphatic heterocycles. The maximum atomic E-state index is 13.1. The Morgan fingerprint density at radius 1 is 1.35 bits per heavy atom. The predicted octanol–water partition coefficient (Wildman–Crippen LogP) is 2.61. The van der Waals surface area contributed by atoms with Gasteiger partial charge < -0.3 is 4.84 Å². The molecule has 0 aromatic heterocycles. The van der Waals surface area contributed by atoms with Gasteiger partial charge in [0.1, 0.15) is 11.6 Å². The highest BCUT2D eigenvalue weighted by Gasteiger charge is 2.39. The van der Waals surface area contributed by atoms with E-state index in [0.717, 1.165) is 12.1 Å². The molecule has 1 heterocycles. The van der Waals surface area contributed by atoms with Gasteiger partial charge in [-0.2, -0.15) is 0 Å². The molecule has 0 N–H and O–H groups in total. The van der Waals surface area contributed by atoms with E-state index in [1.165, 1.54) is 0 Å². The Balaban J connectivity index is 2.20. The molecule has 1 unspecified atom stereocenters. The van der Waals surface area contributed by atoms with Gasteiger partial charge in [-0.15, -0.1) is 11.6 Å². The first-order valence-electron chi connectivity index (χ1n) is 5.73. The van der Waals surface area contributed by atoms with Crippen LogP contribution in [-0.4, -0.2) is 24.9 Å². The summed E-state index contributed by atoms with van der Waals surface area (Å²) in [5.41, 5.74) is -0.846. The number of rotatable bonds is 3. The van der Waals surface area contributed by atoms with E-state index in [9.17, 15) is 17.2 Å². The van der Waals surface area contributed by atoms with Crippen molar-refractivity contribution in [3.05, 3.63) is 35.4 Å². The Morgan fingerprint density at radius 2 is 1.95 bits per heavy atom. The van der Waals surface area contributed by atoms with Crippen molar-refractivity contribution < 1.29 is 22.0 Å². The minimum atomic E-state index is -3.79. The minimum absolute atomic E-state index is 0.0182. The van der Waals surface area contributed by atoms with Crippen molar-refractivity contribution in [2.45, 2.75) is 24.7 Å². The molecule has 2 rings (SSSR count). The summed E-state index contributed by atoms with van der Waals surface area (Å²) in [6, 6.07) is 2.62. The van der Waals surface area contributed by atoms with E-state index >= 15 is 0 Å². The third-order valence-electron chi connectivity index (χ3n) is 2.81. The quantitative estimate of drug-likeness (QED) is 0.803. The molecule has 4 nitrogen and oxygen atoms in total. The molecule has 1 aromatic rings. The zero-order valence-corrected chi connectivity index (χ0v) is 12.1. The summed E-state index contributed by atoms with van der Waals surface area (Å²) < 4.78 is 50.4. The SMILES string of the molecule is CC1(CCl)CC(S(=O)(=O)Cc2cc(F)cc(F)c2)=NO1. The molecule has 0 spiro atoms. The van der Waals surface area contributed by atoms with Crippen LogP contribution in [0.3, 0.4) is 0 Å². The summed E-state index contributed by atoms with van der Waals surface area (Å²) in [6.07, 6.45) is 0.0383. The van der Waals surface area contributed by atoms with Gasteiger partial charge in [0, 0.05) is 12.5 Å². The number of hydrogen-bond acceptors (Lipinski definition) is 4. The van der Waals surface area contributed by atoms with Crippen molar-refractivity contribution >= 4 is 26.5 Å². The summed E-state index contributed by atoms with van der Waals surface area (Å²) in [5.74, 6) is -2.11. The summed E-state index contributed by atoms with van der Waals surface area (Å²) in [5, 5.41) is 3.37. The van der Waals surface area contributed by atoms with Crippen molar-refractivity contribution in [2.75, 3.05) is 5.88 Å². The first kappa shape index (κ1) is 15.2. The average molecular weight is 324 g/mol. The zero-order chi connectivity index (χ0) is 15.0. The Morgan fingerprint density at radius 3 is 2.45 bits per heavy atom. The maximum absolute atomic E-state index is 13.1. The molecule has 0 saturated carbocycles. The second-order valence-corrected chi connectivity index (χ2v) is 7.13. The van der Waals surface area contributed by atoms with Crippen molar-refractivity contribution in [1.82, 2.24) is 0 Å². The number of sulfone groups is 1. The molecule has 110 valence electrons. The molecule has 0 amide bonds. The lowest BCUT2D eigenvalue weighted by Crippen LogP contribution is -2.28. The number of alkyl halides is 1. The van der Waals surface area contributed by atoms with E-state index in [1.54, 1.807) is 6.92 Å². The van der Waals surface area contributed by atoms with Gasteiger partial charge in [-0.25, -0.2) is 17.2 Å². The molecule has 0 bridgehead atoms. The summed E-state index contributed by atoms with van der Waals surface area (Å²) in [6.45, 7) is 1.63. The van der Waals surface area contributed by atoms with Crippen LogP contribution in [0.2, 0.25) is 0 Å². The number of oxime groups is 1. The lowest BCUT2D eigenvalue weighted by molar-refractivity contribution is 0.0152. The lowest BCUT2D eigenvalue weighted by Gasteiger charge is -2.16. The van der Waals surface area contributed by atoms with Crippen LogP contribution in [0.5, 0.6) is 0 Å². The second kappa shape index (κ2) is 5.29. The zero-order valence-electron chi connectivity index (χ0n) is 10.6. The van der Waals surface area contributed by atoms with Crippen LogP contribution >= 0.6 is 11.6 Å². The first-order chi connectivity index (χ1) is 9.24. The van der Waals surface area contributed by atoms with E-state index in [1.807, 2.05) is 0 Å². The highest BCUT2D eigenvalue weighted by atomic mass is 35.5. The van der Waals surface area contributed by atoms with Gasteiger partial charge in [0.05, 0.1) is 11.6 Å². The molecule has 8 heteroatoms. The van der Waals surface area contributed by atoms with Crippen LogP contribution in [0, 0.1) is 11.6 Å². The van der Waals surface area contributed by atoms with Gasteiger partial charge in [-0.1, -0.05) is 5.16 Å². The largest absolute Gasteiger partial charge is 0.387 e. The van der Waals surface area contributed by atoms with E-state index in [2.05, 4.69) is 5.16 Å². The monoisotopic (exact) mass is 323 g/mol. The maximum Gasteiger partial charge on any atom is 0.199 e. The van der Waals surface area contributed by atoms with Gasteiger partial charge >= 0.3 is 0 Å². The van der Waals surface area contributed by atoms with Crippen LogP contribution in [-0.2, 0) is 20.4 Å². The molecule has 1 aliphatic rings. The Bertz CT molecular complexity index is 642. The van der Waals surface area contributed by atoms with Crippen molar-refractivity contribution in [3.63, 3.8) is 0 Å². The van der Waals surface area contributed by atoms with Crippen LogP contribution < -0.4 is 0 Å². The molecule has 0 radical (unpaired) electrons. The highest BCUT2D eigenvalue weighted by molar-refractivity contribution is 8.05. The van der Waals surface area contributed by atoms with Crippen LogP contribution in [0.1, 0.15) is 18.9 Å². The molecule has 0 aliphatic carbocycles. The van der Waals surface area contributed by atoms with E-state index < -0.39 is 32.8 Å². The fourth-order valence-electron chi connectivity index (χ4n) is 1.78. The lowest BCUT2D eigenvalue weighted by atomic mass is 10.1. The number of benzene rings is 1. The van der Waals surface area contributed by atoms with Crippen molar-refractivity contribution in [2.24, 2.45) is 5.16 Å². The minimum Gasteiger partial charge on any atom is -0.387 e. The van der Waals surface area contributed by atoms with Crippen LogP contribution in [0.4, 0.5) is 8.78 Å². The fourth-order valence-corrected chi connectivity index (χ4v) is 3.37. The number of halogens is 3. The predicted molar refractivity (Wildman–Crippen MR) is 71.2 cm³/mol. The Labute approximate surface area is 120 Å². The molecular weight excluding hydrogens is 312 g/mol. The highest BCUT2D eigenvalue weighted by Crippen LogP contribution is 2.28. The van der Waals surface area contributed by atoms with E-state index in [0.29, 0.717) is 6.07 Å². The third-order valence-corrected chi connectivity index (χ3v) is 5.03. The molecule has 20 heavy (non-hydrogen) atoms. The second-order valence-electron chi connectivity index (χ2n) is 4.87. The standard InChI is InChI=1S/C12H12ClF2NO3S/c1-12(7-13)5-11(16-19-12)20(17,18)6-8-2-9(14)4-10(15)3-8/h2-4H,5-7H2,1H3. The smallest absolute Gasteiger partial charge is 0.199 e. The van der Waals surface area contributed by atoms with Crippen molar-refractivity contribution in [3.8, 4) is 0 Å². The molecular formula is C12H12ClF2NO3S. The molecule has 1 atom stereocenters. The Hall–Kier alpha value is -1.21. The normalized spacial score (nSPS) is 22.5. The average Bonchev–Trinajstić information content (AvgIpc) is 2.71. The summed E-state index contributed by atoms with van der Waals surface area (Å²) in [4.78, 5) is 5.00. The molecule has 0 fully saturated rings. The molecule has 0 saturated heterocycles. The third kappa shape index (κ3) is 3.27. The topological polar surface area (TPSA) is 55.7 Å². The number of nitrogens with zero attached hydrogens (tertiary/aromatic N) is 1.